The van der Waals surface area contributed by atoms with Crippen molar-refractivity contribution in [2.45, 2.75) is 51.7 Å². The average Bonchev–Trinajstić information content (AvgIpc) is 3.21. The number of nitro groups is 1. The first-order chi connectivity index (χ1) is 14.7. The number of esters is 2. The lowest BCUT2D eigenvalue weighted by atomic mass is 9.79. The zero-order valence-corrected chi connectivity index (χ0v) is 17.8. The van der Waals surface area contributed by atoms with Crippen LogP contribution in [0.25, 0.3) is 6.08 Å². The SMILES string of the molecule is C=C1C(=O)O[C@@H]2C[C@]3(C)C(CCC(C)OC(=O)/C=C/c4ccc([N+](=O)[O-])cc4)[C@@H]3C[C@H]12. The number of nitro benzene ring substituents is 1. The summed E-state index contributed by atoms with van der Waals surface area (Å²) in [5, 5.41) is 10.7. The van der Waals surface area contributed by atoms with Crippen LogP contribution in [0.5, 0.6) is 0 Å². The first kappa shape index (κ1) is 21.3. The van der Waals surface area contributed by atoms with Gasteiger partial charge < -0.3 is 9.47 Å². The number of hydrogen-bond acceptors (Lipinski definition) is 6. The van der Waals surface area contributed by atoms with E-state index in [2.05, 4.69) is 13.5 Å². The maximum Gasteiger partial charge on any atom is 0.334 e. The average molecular weight is 425 g/mol. The summed E-state index contributed by atoms with van der Waals surface area (Å²) in [4.78, 5) is 34.1. The highest BCUT2D eigenvalue weighted by molar-refractivity contribution is 5.91. The predicted octanol–water partition coefficient (Wildman–Crippen LogP) is 4.46. The second-order valence-corrected chi connectivity index (χ2v) is 9.24. The van der Waals surface area contributed by atoms with E-state index in [0.29, 0.717) is 23.0 Å². The molecule has 0 amide bonds. The summed E-state index contributed by atoms with van der Waals surface area (Å²) in [6.07, 6.45) is 6.32. The normalized spacial score (nSPS) is 32.2. The fraction of sp³-hybridized carbons (Fsp3) is 0.500. The Balaban J connectivity index is 1.23. The van der Waals surface area contributed by atoms with E-state index in [1.165, 1.54) is 18.2 Å². The van der Waals surface area contributed by atoms with Crippen LogP contribution in [-0.4, -0.2) is 29.1 Å². The van der Waals surface area contributed by atoms with Crippen LogP contribution in [0.15, 0.2) is 42.5 Å². The number of non-ortho nitro benzene ring substituents is 1. The van der Waals surface area contributed by atoms with Crippen molar-refractivity contribution in [3.63, 3.8) is 0 Å². The quantitative estimate of drug-likeness (QED) is 0.277. The molecule has 2 saturated carbocycles. The number of ether oxygens (including phenoxy) is 2. The van der Waals surface area contributed by atoms with Crippen molar-refractivity contribution >= 4 is 23.7 Å². The van der Waals surface area contributed by atoms with Crippen molar-refractivity contribution in [3.8, 4) is 0 Å². The van der Waals surface area contributed by atoms with E-state index in [1.807, 2.05) is 6.92 Å². The predicted molar refractivity (Wildman–Crippen MR) is 114 cm³/mol. The minimum Gasteiger partial charge on any atom is -0.460 e. The van der Waals surface area contributed by atoms with Gasteiger partial charge in [0.2, 0.25) is 0 Å². The Morgan fingerprint density at radius 1 is 1.42 bits per heavy atom. The summed E-state index contributed by atoms with van der Waals surface area (Å²) >= 11 is 0. The monoisotopic (exact) mass is 425 g/mol. The Hall–Kier alpha value is -2.96. The van der Waals surface area contributed by atoms with E-state index in [4.69, 9.17) is 9.47 Å². The molecule has 0 N–H and O–H groups in total. The van der Waals surface area contributed by atoms with Gasteiger partial charge in [-0.3, -0.25) is 10.1 Å². The summed E-state index contributed by atoms with van der Waals surface area (Å²) in [7, 11) is 0. The molecule has 2 aliphatic carbocycles. The summed E-state index contributed by atoms with van der Waals surface area (Å²) in [6, 6.07) is 5.96. The van der Waals surface area contributed by atoms with E-state index < -0.39 is 10.9 Å². The molecule has 6 atom stereocenters. The van der Waals surface area contributed by atoms with Crippen molar-refractivity contribution < 1.29 is 24.0 Å². The number of carbonyl (C=O) groups is 2. The fourth-order valence-corrected chi connectivity index (χ4v) is 5.47. The summed E-state index contributed by atoms with van der Waals surface area (Å²) in [5.74, 6) is 0.628. The van der Waals surface area contributed by atoms with Gasteiger partial charge in [0.25, 0.3) is 5.69 Å². The highest BCUT2D eigenvalue weighted by Gasteiger charge is 2.66. The Labute approximate surface area is 181 Å². The van der Waals surface area contributed by atoms with Crippen LogP contribution in [0.1, 0.15) is 45.1 Å². The van der Waals surface area contributed by atoms with E-state index in [9.17, 15) is 19.7 Å². The van der Waals surface area contributed by atoms with Crippen molar-refractivity contribution in [3.05, 3.63) is 58.2 Å². The lowest BCUT2D eigenvalue weighted by molar-refractivity contribution is -0.384. The lowest BCUT2D eigenvalue weighted by Crippen LogP contribution is -2.26. The molecule has 31 heavy (non-hydrogen) atoms. The number of carbonyl (C=O) groups excluding carboxylic acids is 2. The van der Waals surface area contributed by atoms with Gasteiger partial charge in [0, 0.05) is 29.7 Å². The molecule has 3 aliphatic rings. The van der Waals surface area contributed by atoms with Crippen molar-refractivity contribution in [2.24, 2.45) is 23.2 Å². The highest BCUT2D eigenvalue weighted by Crippen LogP contribution is 2.70. The molecule has 0 spiro atoms. The fourth-order valence-electron chi connectivity index (χ4n) is 5.47. The van der Waals surface area contributed by atoms with Crippen LogP contribution < -0.4 is 0 Å². The maximum atomic E-state index is 12.1. The standard InChI is InChI=1S/C24H27NO6/c1-14(30-22(26)11-7-16-5-8-17(9-6-16)25(28)29)4-10-19-20-12-18-15(2)23(27)31-21(18)13-24(19,20)3/h5-9,11,14,18-21H,2,4,10,12-13H2,1,3H3/b11-7+/t14?,18-,19?,20+,21-,24-/m1/s1. The molecule has 7 nitrogen and oxygen atoms in total. The zero-order valence-electron chi connectivity index (χ0n) is 17.8. The Morgan fingerprint density at radius 3 is 2.81 bits per heavy atom. The lowest BCUT2D eigenvalue weighted by Gasteiger charge is -2.27. The molecular formula is C24H27NO6. The number of hydrogen-bond donors (Lipinski definition) is 0. The molecule has 1 heterocycles. The largest absolute Gasteiger partial charge is 0.460 e. The molecule has 2 unspecified atom stereocenters. The molecule has 0 aromatic heterocycles. The van der Waals surface area contributed by atoms with Crippen LogP contribution in [0.2, 0.25) is 0 Å². The highest BCUT2D eigenvalue weighted by atomic mass is 16.6. The number of benzene rings is 1. The van der Waals surface area contributed by atoms with Crippen molar-refractivity contribution in [2.75, 3.05) is 0 Å². The second-order valence-electron chi connectivity index (χ2n) is 9.24. The second kappa shape index (κ2) is 7.94. The molecule has 1 aliphatic heterocycles. The molecule has 1 aromatic carbocycles. The molecule has 3 fully saturated rings. The summed E-state index contributed by atoms with van der Waals surface area (Å²) in [6.45, 7) is 8.08. The van der Waals surface area contributed by atoms with Crippen LogP contribution in [0, 0.1) is 33.3 Å². The van der Waals surface area contributed by atoms with Gasteiger partial charge in [0.1, 0.15) is 6.10 Å². The molecule has 164 valence electrons. The third-order valence-corrected chi connectivity index (χ3v) is 7.35. The van der Waals surface area contributed by atoms with Gasteiger partial charge in [-0.15, -0.1) is 0 Å². The van der Waals surface area contributed by atoms with Crippen LogP contribution in [0.3, 0.4) is 0 Å². The van der Waals surface area contributed by atoms with E-state index >= 15 is 0 Å². The number of nitrogens with zero attached hydrogens (tertiary/aromatic N) is 1. The Morgan fingerprint density at radius 2 is 2.13 bits per heavy atom. The van der Waals surface area contributed by atoms with Gasteiger partial charge in [-0.05, 0) is 73.6 Å². The smallest absolute Gasteiger partial charge is 0.334 e. The molecule has 1 saturated heterocycles. The van der Waals surface area contributed by atoms with Crippen LogP contribution in [-0.2, 0) is 19.1 Å². The van der Waals surface area contributed by atoms with E-state index in [-0.39, 0.29) is 35.2 Å². The molecule has 1 aromatic rings. The van der Waals surface area contributed by atoms with Crippen LogP contribution in [0.4, 0.5) is 5.69 Å². The molecule has 0 bridgehead atoms. The van der Waals surface area contributed by atoms with Crippen molar-refractivity contribution in [1.82, 2.24) is 0 Å². The van der Waals surface area contributed by atoms with Gasteiger partial charge in [-0.25, -0.2) is 9.59 Å². The Kier molecular flexibility index (Phi) is 5.45. The first-order valence-electron chi connectivity index (χ1n) is 10.7. The Bertz CT molecular complexity index is 951. The first-order valence-corrected chi connectivity index (χ1v) is 10.7. The number of fused-ring (bicyclic) bond motifs is 2. The van der Waals surface area contributed by atoms with Crippen LogP contribution >= 0.6 is 0 Å². The van der Waals surface area contributed by atoms with Gasteiger partial charge in [0.05, 0.1) is 11.0 Å². The third-order valence-electron chi connectivity index (χ3n) is 7.35. The van der Waals surface area contributed by atoms with Gasteiger partial charge in [-0.1, -0.05) is 13.5 Å². The summed E-state index contributed by atoms with van der Waals surface area (Å²) in [5.41, 5.74) is 1.53. The minimum atomic E-state index is -0.463. The van der Waals surface area contributed by atoms with Gasteiger partial charge >= 0.3 is 11.9 Å². The zero-order chi connectivity index (χ0) is 22.3. The summed E-state index contributed by atoms with van der Waals surface area (Å²) < 4.78 is 11.0. The van der Waals surface area contributed by atoms with Crippen molar-refractivity contribution in [1.29, 1.82) is 0 Å². The maximum absolute atomic E-state index is 12.1. The third kappa shape index (κ3) is 4.13. The van der Waals surface area contributed by atoms with E-state index in [0.717, 1.165) is 25.7 Å². The van der Waals surface area contributed by atoms with Gasteiger partial charge in [-0.2, -0.15) is 0 Å². The molecule has 4 rings (SSSR count). The molecule has 0 radical (unpaired) electrons. The van der Waals surface area contributed by atoms with E-state index in [1.54, 1.807) is 18.2 Å². The molecule has 7 heteroatoms. The molecular weight excluding hydrogens is 398 g/mol. The van der Waals surface area contributed by atoms with Gasteiger partial charge in [0.15, 0.2) is 0 Å². The minimum absolute atomic E-state index is 0.00814. The topological polar surface area (TPSA) is 95.7 Å². The number of rotatable bonds is 7.